The van der Waals surface area contributed by atoms with Gasteiger partial charge in [0.2, 0.25) is 10.0 Å². The van der Waals surface area contributed by atoms with Crippen molar-refractivity contribution in [3.8, 4) is 5.75 Å². The first-order valence-electron chi connectivity index (χ1n) is 8.71. The molecule has 1 aliphatic rings. The fourth-order valence-corrected chi connectivity index (χ4v) is 4.04. The summed E-state index contributed by atoms with van der Waals surface area (Å²) >= 11 is 5.99. The molecule has 0 saturated heterocycles. The van der Waals surface area contributed by atoms with E-state index in [9.17, 15) is 18.0 Å². The molecule has 2 aromatic rings. The van der Waals surface area contributed by atoms with Gasteiger partial charge >= 0.3 is 5.97 Å². The summed E-state index contributed by atoms with van der Waals surface area (Å²) in [5.41, 5.74) is 0.444. The number of hydrogen-bond acceptors (Lipinski definition) is 6. The predicted molar refractivity (Wildman–Crippen MR) is 107 cm³/mol. The van der Waals surface area contributed by atoms with Gasteiger partial charge in [0.1, 0.15) is 5.75 Å². The van der Waals surface area contributed by atoms with E-state index in [1.807, 2.05) is 0 Å². The Morgan fingerprint density at radius 1 is 1.17 bits per heavy atom. The summed E-state index contributed by atoms with van der Waals surface area (Å²) in [7, 11) is -2.22. The van der Waals surface area contributed by atoms with E-state index < -0.39 is 28.5 Å². The third-order valence-corrected chi connectivity index (χ3v) is 5.86. The molecular formula is C19H19ClN2O6S. The van der Waals surface area contributed by atoms with Crippen molar-refractivity contribution in [2.45, 2.75) is 23.8 Å². The maximum Gasteiger partial charge on any atom is 0.338 e. The van der Waals surface area contributed by atoms with Crippen molar-refractivity contribution in [3.63, 3.8) is 0 Å². The number of halogens is 1. The van der Waals surface area contributed by atoms with E-state index in [0.717, 1.165) is 12.8 Å². The van der Waals surface area contributed by atoms with Crippen LogP contribution in [-0.4, -0.2) is 40.1 Å². The molecule has 8 nitrogen and oxygen atoms in total. The minimum atomic E-state index is -3.69. The van der Waals surface area contributed by atoms with E-state index in [1.165, 1.54) is 37.4 Å². The van der Waals surface area contributed by atoms with Crippen molar-refractivity contribution in [2.75, 3.05) is 19.0 Å². The molecule has 0 aliphatic heterocycles. The van der Waals surface area contributed by atoms with Crippen molar-refractivity contribution in [2.24, 2.45) is 0 Å². The topological polar surface area (TPSA) is 111 Å². The number of nitrogens with one attached hydrogen (secondary N) is 2. The molecule has 3 rings (SSSR count). The van der Waals surface area contributed by atoms with Crippen molar-refractivity contribution in [1.82, 2.24) is 4.72 Å². The molecule has 0 bridgehead atoms. The van der Waals surface area contributed by atoms with Gasteiger partial charge < -0.3 is 14.8 Å². The van der Waals surface area contributed by atoms with E-state index in [4.69, 9.17) is 21.1 Å². The van der Waals surface area contributed by atoms with Crippen LogP contribution < -0.4 is 14.8 Å². The number of amides is 1. The number of methoxy groups -OCH3 is 1. The van der Waals surface area contributed by atoms with Crippen molar-refractivity contribution in [1.29, 1.82) is 0 Å². The maximum atomic E-state index is 12.3. The minimum Gasteiger partial charge on any atom is -0.495 e. The Bertz CT molecular complexity index is 1040. The molecule has 10 heteroatoms. The number of sulfonamides is 1. The Balaban J connectivity index is 1.58. The predicted octanol–water partition coefficient (Wildman–Crippen LogP) is 2.58. The number of esters is 1. The van der Waals surface area contributed by atoms with Crippen LogP contribution in [0.5, 0.6) is 5.75 Å². The standard InChI is InChI=1S/C19H19ClN2O6S/c1-27-17-8-7-14(10-16(17)20)21-18(23)11-28-19(24)12-3-2-4-15(9-12)29(25,26)22-13-5-6-13/h2-4,7-10,13,22H,5-6,11H2,1H3,(H,21,23). The molecule has 1 fully saturated rings. The zero-order chi connectivity index (χ0) is 21.0. The fourth-order valence-electron chi connectivity index (χ4n) is 2.43. The first-order valence-corrected chi connectivity index (χ1v) is 10.6. The SMILES string of the molecule is COc1ccc(NC(=O)COC(=O)c2cccc(S(=O)(=O)NC3CC3)c2)cc1Cl. The summed E-state index contributed by atoms with van der Waals surface area (Å²) in [4.78, 5) is 24.2. The third kappa shape index (κ3) is 5.69. The molecule has 1 aliphatic carbocycles. The van der Waals surface area contributed by atoms with E-state index in [-0.39, 0.29) is 16.5 Å². The van der Waals surface area contributed by atoms with Crippen LogP contribution in [0.15, 0.2) is 47.4 Å². The van der Waals surface area contributed by atoms with Crippen molar-refractivity contribution in [3.05, 3.63) is 53.1 Å². The molecule has 1 amide bonds. The lowest BCUT2D eigenvalue weighted by Crippen LogP contribution is -2.26. The van der Waals surface area contributed by atoms with E-state index in [0.29, 0.717) is 16.5 Å². The second kappa shape index (κ2) is 8.81. The molecule has 0 atom stereocenters. The Hall–Kier alpha value is -2.62. The van der Waals surface area contributed by atoms with Crippen molar-refractivity contribution < 1.29 is 27.5 Å². The molecule has 0 heterocycles. The van der Waals surface area contributed by atoms with Gasteiger partial charge in [-0.15, -0.1) is 0 Å². The van der Waals surface area contributed by atoms with Crippen LogP contribution in [0, 0.1) is 0 Å². The van der Waals surface area contributed by atoms with Crippen LogP contribution in [0.4, 0.5) is 5.69 Å². The lowest BCUT2D eigenvalue weighted by Gasteiger charge is -2.09. The second-order valence-corrected chi connectivity index (χ2v) is 8.52. The lowest BCUT2D eigenvalue weighted by molar-refractivity contribution is -0.119. The zero-order valence-electron chi connectivity index (χ0n) is 15.5. The van der Waals surface area contributed by atoms with Gasteiger partial charge in [-0.1, -0.05) is 17.7 Å². The van der Waals surface area contributed by atoms with Crippen LogP contribution in [0.1, 0.15) is 23.2 Å². The zero-order valence-corrected chi connectivity index (χ0v) is 17.0. The van der Waals surface area contributed by atoms with Crippen LogP contribution in [0.25, 0.3) is 0 Å². The Kier molecular flexibility index (Phi) is 6.41. The van der Waals surface area contributed by atoms with Gasteiger partial charge in [-0.2, -0.15) is 0 Å². The maximum absolute atomic E-state index is 12.3. The van der Waals surface area contributed by atoms with E-state index in [1.54, 1.807) is 12.1 Å². The Labute approximate surface area is 173 Å². The van der Waals surface area contributed by atoms with Gasteiger partial charge in [-0.3, -0.25) is 4.79 Å². The quantitative estimate of drug-likeness (QED) is 0.613. The number of rotatable bonds is 8. The van der Waals surface area contributed by atoms with Crippen LogP contribution in [0.2, 0.25) is 5.02 Å². The van der Waals surface area contributed by atoms with Gasteiger partial charge in [0, 0.05) is 11.7 Å². The normalized spacial score (nSPS) is 13.6. The van der Waals surface area contributed by atoms with Crippen molar-refractivity contribution >= 4 is 39.2 Å². The number of carbonyl (C=O) groups is 2. The molecule has 0 radical (unpaired) electrons. The van der Waals surface area contributed by atoms with Gasteiger partial charge in [-0.25, -0.2) is 17.9 Å². The molecule has 2 N–H and O–H groups in total. The third-order valence-electron chi connectivity index (χ3n) is 4.05. The highest BCUT2D eigenvalue weighted by atomic mass is 35.5. The summed E-state index contributed by atoms with van der Waals surface area (Å²) in [5.74, 6) is -0.919. The summed E-state index contributed by atoms with van der Waals surface area (Å²) in [6.07, 6.45) is 1.60. The summed E-state index contributed by atoms with van der Waals surface area (Å²) < 4.78 is 37.0. The number of ether oxygens (including phenoxy) is 2. The lowest BCUT2D eigenvalue weighted by atomic mass is 10.2. The Morgan fingerprint density at radius 3 is 2.59 bits per heavy atom. The highest BCUT2D eigenvalue weighted by Crippen LogP contribution is 2.27. The molecular weight excluding hydrogens is 420 g/mol. The summed E-state index contributed by atoms with van der Waals surface area (Å²) in [6.45, 7) is -0.542. The second-order valence-electron chi connectivity index (χ2n) is 6.40. The smallest absolute Gasteiger partial charge is 0.338 e. The first kappa shape index (κ1) is 21.1. The van der Waals surface area contributed by atoms with Gasteiger partial charge in [0.05, 0.1) is 22.6 Å². The molecule has 29 heavy (non-hydrogen) atoms. The minimum absolute atomic E-state index is 0.0313. The van der Waals surface area contributed by atoms with E-state index >= 15 is 0 Å². The molecule has 0 aromatic heterocycles. The molecule has 154 valence electrons. The largest absolute Gasteiger partial charge is 0.495 e. The number of hydrogen-bond donors (Lipinski definition) is 2. The average Bonchev–Trinajstić information content (AvgIpc) is 3.49. The number of benzene rings is 2. The molecule has 1 saturated carbocycles. The van der Waals surface area contributed by atoms with Gasteiger partial charge in [0.15, 0.2) is 6.61 Å². The van der Waals surface area contributed by atoms with Gasteiger partial charge in [-0.05, 0) is 49.2 Å². The van der Waals surface area contributed by atoms with Crippen LogP contribution in [-0.2, 0) is 19.6 Å². The molecule has 2 aromatic carbocycles. The fraction of sp³-hybridized carbons (Fsp3) is 0.263. The molecule has 0 unspecified atom stereocenters. The average molecular weight is 439 g/mol. The summed E-state index contributed by atoms with van der Waals surface area (Å²) in [6, 6.07) is 10.1. The highest BCUT2D eigenvalue weighted by molar-refractivity contribution is 7.89. The number of carbonyl (C=O) groups excluding carboxylic acids is 2. The van der Waals surface area contributed by atoms with Crippen LogP contribution >= 0.6 is 11.6 Å². The summed E-state index contributed by atoms with van der Waals surface area (Å²) in [5, 5.41) is 2.86. The first-order chi connectivity index (χ1) is 13.8. The van der Waals surface area contributed by atoms with E-state index in [2.05, 4.69) is 10.0 Å². The Morgan fingerprint density at radius 2 is 1.93 bits per heavy atom. The number of anilines is 1. The van der Waals surface area contributed by atoms with Gasteiger partial charge in [0.25, 0.3) is 5.91 Å². The monoisotopic (exact) mass is 438 g/mol. The van der Waals surface area contributed by atoms with Crippen LogP contribution in [0.3, 0.4) is 0 Å². The highest BCUT2D eigenvalue weighted by Gasteiger charge is 2.28. The molecule has 0 spiro atoms.